The summed E-state index contributed by atoms with van der Waals surface area (Å²) in [4.78, 5) is 12.6. The van der Waals surface area contributed by atoms with Crippen LogP contribution in [0.5, 0.6) is 0 Å². The number of aliphatic carboxylic acids is 1. The van der Waals surface area contributed by atoms with Crippen molar-refractivity contribution < 1.29 is 9.90 Å². The Morgan fingerprint density at radius 3 is 2.60 bits per heavy atom. The minimum atomic E-state index is -0.792. The normalized spacial score (nSPS) is 9.93. The van der Waals surface area contributed by atoms with E-state index in [4.69, 9.17) is 5.11 Å². The summed E-state index contributed by atoms with van der Waals surface area (Å²) in [5, 5.41) is 8.80. The maximum atomic E-state index is 10.7. The SMILES string of the molecule is CSCCN(CC(=O)O)c1ccccc1. The summed E-state index contributed by atoms with van der Waals surface area (Å²) in [7, 11) is 0. The largest absolute Gasteiger partial charge is 0.480 e. The topological polar surface area (TPSA) is 40.5 Å². The molecule has 1 aromatic rings. The predicted molar refractivity (Wildman–Crippen MR) is 64.7 cm³/mol. The second-order valence-corrected chi connectivity index (χ2v) is 4.13. The second-order valence-electron chi connectivity index (χ2n) is 3.14. The summed E-state index contributed by atoms with van der Waals surface area (Å²) in [5.74, 6) is 0.141. The molecular weight excluding hydrogens is 210 g/mol. The zero-order valence-electron chi connectivity index (χ0n) is 8.72. The zero-order valence-corrected chi connectivity index (χ0v) is 9.54. The average Bonchev–Trinajstić information content (AvgIpc) is 2.25. The van der Waals surface area contributed by atoms with Gasteiger partial charge in [0.2, 0.25) is 0 Å². The maximum Gasteiger partial charge on any atom is 0.323 e. The number of rotatable bonds is 6. The molecule has 4 heteroatoms. The molecule has 0 radical (unpaired) electrons. The summed E-state index contributed by atoms with van der Waals surface area (Å²) in [6.07, 6.45) is 2.02. The molecule has 0 aliphatic carbocycles. The van der Waals surface area contributed by atoms with Gasteiger partial charge >= 0.3 is 5.97 Å². The van der Waals surface area contributed by atoms with E-state index in [2.05, 4.69) is 0 Å². The van der Waals surface area contributed by atoms with E-state index < -0.39 is 5.97 Å². The summed E-state index contributed by atoms with van der Waals surface area (Å²) in [6.45, 7) is 0.821. The van der Waals surface area contributed by atoms with Gasteiger partial charge in [-0.3, -0.25) is 4.79 Å². The Morgan fingerprint density at radius 2 is 2.07 bits per heavy atom. The lowest BCUT2D eigenvalue weighted by atomic mass is 10.3. The lowest BCUT2D eigenvalue weighted by molar-refractivity contribution is -0.135. The van der Waals surface area contributed by atoms with E-state index in [0.717, 1.165) is 18.0 Å². The van der Waals surface area contributed by atoms with Crippen molar-refractivity contribution in [2.45, 2.75) is 0 Å². The molecule has 1 aromatic carbocycles. The van der Waals surface area contributed by atoms with E-state index in [9.17, 15) is 4.79 Å². The third kappa shape index (κ3) is 4.25. The molecule has 0 aliphatic heterocycles. The quantitative estimate of drug-likeness (QED) is 0.803. The van der Waals surface area contributed by atoms with Gasteiger partial charge in [-0.05, 0) is 18.4 Å². The fourth-order valence-electron chi connectivity index (χ4n) is 1.30. The fourth-order valence-corrected chi connectivity index (χ4v) is 1.71. The van der Waals surface area contributed by atoms with Gasteiger partial charge in [0.25, 0.3) is 0 Å². The molecule has 0 saturated carbocycles. The van der Waals surface area contributed by atoms with Crippen molar-refractivity contribution in [3.8, 4) is 0 Å². The van der Waals surface area contributed by atoms with E-state index in [1.165, 1.54) is 0 Å². The summed E-state index contributed by atoms with van der Waals surface area (Å²) >= 11 is 1.72. The molecule has 3 nitrogen and oxygen atoms in total. The highest BCUT2D eigenvalue weighted by molar-refractivity contribution is 7.98. The highest BCUT2D eigenvalue weighted by Gasteiger charge is 2.09. The average molecular weight is 225 g/mol. The summed E-state index contributed by atoms with van der Waals surface area (Å²) < 4.78 is 0. The van der Waals surface area contributed by atoms with Crippen LogP contribution >= 0.6 is 11.8 Å². The van der Waals surface area contributed by atoms with E-state index in [0.29, 0.717) is 0 Å². The van der Waals surface area contributed by atoms with E-state index in [-0.39, 0.29) is 6.54 Å². The number of carboxylic acids is 1. The Bertz CT molecular complexity index is 303. The molecule has 0 saturated heterocycles. The number of carbonyl (C=O) groups is 1. The van der Waals surface area contributed by atoms with Gasteiger partial charge in [0.05, 0.1) is 0 Å². The number of hydrogen-bond acceptors (Lipinski definition) is 3. The van der Waals surface area contributed by atoms with Crippen LogP contribution in [0.25, 0.3) is 0 Å². The minimum absolute atomic E-state index is 0.0601. The van der Waals surface area contributed by atoms with Crippen molar-refractivity contribution >= 4 is 23.4 Å². The first-order valence-corrected chi connectivity index (χ1v) is 6.14. The van der Waals surface area contributed by atoms with Crippen molar-refractivity contribution in [3.05, 3.63) is 30.3 Å². The Morgan fingerprint density at radius 1 is 1.40 bits per heavy atom. The lowest BCUT2D eigenvalue weighted by Crippen LogP contribution is -2.31. The predicted octanol–water partition coefficient (Wildman–Crippen LogP) is 1.94. The first-order valence-electron chi connectivity index (χ1n) is 4.74. The molecule has 0 fully saturated rings. The van der Waals surface area contributed by atoms with Crippen LogP contribution in [-0.4, -0.2) is 36.2 Å². The van der Waals surface area contributed by atoms with Crippen molar-refractivity contribution in [1.29, 1.82) is 0 Å². The van der Waals surface area contributed by atoms with Gasteiger partial charge in [0.15, 0.2) is 0 Å². The monoisotopic (exact) mass is 225 g/mol. The van der Waals surface area contributed by atoms with Crippen molar-refractivity contribution in [1.82, 2.24) is 0 Å². The zero-order chi connectivity index (χ0) is 11.1. The maximum absolute atomic E-state index is 10.7. The number of anilines is 1. The van der Waals surface area contributed by atoms with Crippen LogP contribution < -0.4 is 4.90 Å². The van der Waals surface area contributed by atoms with Crippen LogP contribution in [0.15, 0.2) is 30.3 Å². The second kappa shape index (κ2) is 6.35. The number of nitrogens with zero attached hydrogens (tertiary/aromatic N) is 1. The molecule has 0 aliphatic rings. The third-order valence-electron chi connectivity index (χ3n) is 2.01. The standard InChI is InChI=1S/C11H15NO2S/c1-15-8-7-12(9-11(13)14)10-5-3-2-4-6-10/h2-6H,7-9H2,1H3,(H,13,14). The molecule has 1 rings (SSSR count). The summed E-state index contributed by atoms with van der Waals surface area (Å²) in [5.41, 5.74) is 0.967. The Labute approximate surface area is 94.1 Å². The van der Waals surface area contributed by atoms with Crippen molar-refractivity contribution in [2.24, 2.45) is 0 Å². The van der Waals surface area contributed by atoms with Crippen LogP contribution in [0.2, 0.25) is 0 Å². The molecule has 0 aromatic heterocycles. The number of carboxylic acid groups (broad SMARTS) is 1. The molecule has 0 heterocycles. The molecular formula is C11H15NO2S. The molecule has 0 spiro atoms. The van der Waals surface area contributed by atoms with Gasteiger partial charge in [0, 0.05) is 18.0 Å². The first kappa shape index (κ1) is 11.9. The van der Waals surface area contributed by atoms with Crippen LogP contribution in [0.4, 0.5) is 5.69 Å². The van der Waals surface area contributed by atoms with Crippen molar-refractivity contribution in [2.75, 3.05) is 30.0 Å². The molecule has 0 unspecified atom stereocenters. The molecule has 0 bridgehead atoms. The molecule has 0 atom stereocenters. The highest BCUT2D eigenvalue weighted by Crippen LogP contribution is 2.13. The van der Waals surface area contributed by atoms with E-state index in [1.807, 2.05) is 41.5 Å². The summed E-state index contributed by atoms with van der Waals surface area (Å²) in [6, 6.07) is 9.64. The van der Waals surface area contributed by atoms with Gasteiger partial charge in [-0.1, -0.05) is 18.2 Å². The molecule has 1 N–H and O–H groups in total. The van der Waals surface area contributed by atoms with Gasteiger partial charge in [0.1, 0.15) is 6.54 Å². The van der Waals surface area contributed by atoms with Gasteiger partial charge in [-0.2, -0.15) is 11.8 Å². The first-order chi connectivity index (χ1) is 7.24. The van der Waals surface area contributed by atoms with Crippen LogP contribution in [0.1, 0.15) is 0 Å². The third-order valence-corrected chi connectivity index (χ3v) is 2.60. The highest BCUT2D eigenvalue weighted by atomic mass is 32.2. The van der Waals surface area contributed by atoms with Crippen LogP contribution in [0.3, 0.4) is 0 Å². The number of thioether (sulfide) groups is 1. The van der Waals surface area contributed by atoms with Gasteiger partial charge < -0.3 is 10.0 Å². The van der Waals surface area contributed by atoms with Crippen molar-refractivity contribution in [3.63, 3.8) is 0 Å². The van der Waals surface area contributed by atoms with Gasteiger partial charge in [-0.15, -0.1) is 0 Å². The minimum Gasteiger partial charge on any atom is -0.480 e. The smallest absolute Gasteiger partial charge is 0.323 e. The van der Waals surface area contributed by atoms with E-state index in [1.54, 1.807) is 11.8 Å². The Kier molecular flexibility index (Phi) is 5.04. The molecule has 15 heavy (non-hydrogen) atoms. The fraction of sp³-hybridized carbons (Fsp3) is 0.364. The number of para-hydroxylation sites is 1. The van der Waals surface area contributed by atoms with Gasteiger partial charge in [-0.25, -0.2) is 0 Å². The van der Waals surface area contributed by atoms with E-state index >= 15 is 0 Å². The van der Waals surface area contributed by atoms with Crippen LogP contribution in [0, 0.1) is 0 Å². The van der Waals surface area contributed by atoms with Crippen LogP contribution in [-0.2, 0) is 4.79 Å². The number of hydrogen-bond donors (Lipinski definition) is 1. The molecule has 82 valence electrons. The number of benzene rings is 1. The lowest BCUT2D eigenvalue weighted by Gasteiger charge is -2.22. The molecule has 0 amide bonds. The Hall–Kier alpha value is -1.16. The Balaban J connectivity index is 2.67.